The molecular weight excluding hydrogens is 360 g/mol. The van der Waals surface area contributed by atoms with Crippen LogP contribution in [0.3, 0.4) is 0 Å². The zero-order chi connectivity index (χ0) is 20.3. The van der Waals surface area contributed by atoms with Gasteiger partial charge in [-0.3, -0.25) is 9.80 Å². The predicted octanol–water partition coefficient (Wildman–Crippen LogP) is 3.71. The molecule has 1 heterocycles. The van der Waals surface area contributed by atoms with Crippen LogP contribution in [0, 0.1) is 0 Å². The first-order valence-electron chi connectivity index (χ1n) is 10.7. The van der Waals surface area contributed by atoms with Crippen LogP contribution in [0.1, 0.15) is 24.0 Å². The van der Waals surface area contributed by atoms with Crippen LogP contribution in [-0.4, -0.2) is 67.4 Å². The number of nitrogens with zero attached hydrogens (tertiary/aromatic N) is 2. The number of rotatable bonds is 10. The van der Waals surface area contributed by atoms with E-state index in [0.717, 1.165) is 56.9 Å². The van der Waals surface area contributed by atoms with E-state index < -0.39 is 0 Å². The summed E-state index contributed by atoms with van der Waals surface area (Å²) in [4.78, 5) is 5.06. The van der Waals surface area contributed by atoms with Crippen molar-refractivity contribution < 1.29 is 9.84 Å². The largest absolute Gasteiger partial charge is 0.496 e. The highest BCUT2D eigenvalue weighted by Crippen LogP contribution is 2.19. The smallest absolute Gasteiger partial charge is 0.126 e. The van der Waals surface area contributed by atoms with Crippen LogP contribution in [-0.2, 0) is 6.42 Å². The van der Waals surface area contributed by atoms with Crippen molar-refractivity contribution in [1.29, 1.82) is 0 Å². The molecule has 1 atom stereocenters. The van der Waals surface area contributed by atoms with E-state index in [9.17, 15) is 5.11 Å². The summed E-state index contributed by atoms with van der Waals surface area (Å²) in [5.41, 5.74) is 2.52. The summed E-state index contributed by atoms with van der Waals surface area (Å²) in [6, 6.07) is 19.2. The van der Waals surface area contributed by atoms with E-state index in [1.165, 1.54) is 12.0 Å². The van der Waals surface area contributed by atoms with Gasteiger partial charge in [-0.2, -0.15) is 0 Å². The standard InChI is InChI=1S/C25H34N2O2/c1-29-25-14-6-5-12-23(25)13-8-16-26-18-19-27(24(21-26)15-20-28)17-7-11-22-9-3-2-4-10-22/h2-6,8-10,12-14,24,28H,7,11,15-21H2,1H3/b13-8+/t24-/m1/s1. The summed E-state index contributed by atoms with van der Waals surface area (Å²) in [6.07, 6.45) is 7.50. The molecule has 29 heavy (non-hydrogen) atoms. The molecule has 1 saturated heterocycles. The molecule has 0 spiro atoms. The van der Waals surface area contributed by atoms with Gasteiger partial charge >= 0.3 is 0 Å². The Hall–Kier alpha value is -2.14. The van der Waals surface area contributed by atoms with Crippen molar-refractivity contribution in [2.75, 3.05) is 46.4 Å². The monoisotopic (exact) mass is 394 g/mol. The average Bonchev–Trinajstić information content (AvgIpc) is 2.76. The Balaban J connectivity index is 1.48. The fraction of sp³-hybridized carbons (Fsp3) is 0.440. The van der Waals surface area contributed by atoms with Gasteiger partial charge in [0, 0.05) is 44.4 Å². The number of benzene rings is 2. The van der Waals surface area contributed by atoms with Crippen LogP contribution in [0.4, 0.5) is 0 Å². The minimum Gasteiger partial charge on any atom is -0.496 e. The van der Waals surface area contributed by atoms with Crippen LogP contribution in [0.15, 0.2) is 60.7 Å². The van der Waals surface area contributed by atoms with E-state index in [2.05, 4.69) is 58.4 Å². The summed E-state index contributed by atoms with van der Waals surface area (Å²) in [5, 5.41) is 9.54. The Labute approximate surface area is 175 Å². The van der Waals surface area contributed by atoms with Crippen LogP contribution in [0.2, 0.25) is 0 Å². The zero-order valence-corrected chi connectivity index (χ0v) is 17.5. The van der Waals surface area contributed by atoms with Gasteiger partial charge in [-0.25, -0.2) is 0 Å². The van der Waals surface area contributed by atoms with E-state index in [-0.39, 0.29) is 6.61 Å². The van der Waals surface area contributed by atoms with Crippen molar-refractivity contribution in [2.45, 2.75) is 25.3 Å². The van der Waals surface area contributed by atoms with Gasteiger partial charge in [0.05, 0.1) is 7.11 Å². The van der Waals surface area contributed by atoms with Crippen molar-refractivity contribution in [3.63, 3.8) is 0 Å². The molecule has 2 aromatic rings. The molecule has 0 bridgehead atoms. The molecule has 0 radical (unpaired) electrons. The van der Waals surface area contributed by atoms with Crippen LogP contribution in [0.25, 0.3) is 6.08 Å². The number of para-hydroxylation sites is 1. The molecule has 0 saturated carbocycles. The third-order valence-electron chi connectivity index (χ3n) is 5.70. The molecule has 1 aliphatic heterocycles. The summed E-state index contributed by atoms with van der Waals surface area (Å²) in [6.45, 7) is 5.45. The molecule has 0 amide bonds. The maximum Gasteiger partial charge on any atom is 0.126 e. The van der Waals surface area contributed by atoms with E-state index >= 15 is 0 Å². The molecule has 0 unspecified atom stereocenters. The maximum atomic E-state index is 9.54. The van der Waals surface area contributed by atoms with Crippen LogP contribution < -0.4 is 4.74 Å². The molecule has 1 fully saturated rings. The Morgan fingerprint density at radius 1 is 1.07 bits per heavy atom. The Kier molecular flexibility index (Phi) is 8.75. The number of aliphatic hydroxyl groups excluding tert-OH is 1. The van der Waals surface area contributed by atoms with Gasteiger partial charge in [-0.15, -0.1) is 0 Å². The second-order valence-corrected chi connectivity index (χ2v) is 7.70. The molecule has 4 nitrogen and oxygen atoms in total. The lowest BCUT2D eigenvalue weighted by atomic mass is 10.1. The van der Waals surface area contributed by atoms with Gasteiger partial charge in [0.25, 0.3) is 0 Å². The number of methoxy groups -OCH3 is 1. The second-order valence-electron chi connectivity index (χ2n) is 7.70. The Bertz CT molecular complexity index is 747. The first kappa shape index (κ1) is 21.6. The Morgan fingerprint density at radius 3 is 2.66 bits per heavy atom. The van der Waals surface area contributed by atoms with Crippen molar-refractivity contribution in [3.05, 3.63) is 71.8 Å². The molecule has 3 rings (SSSR count). The fourth-order valence-electron chi connectivity index (χ4n) is 4.10. The normalized spacial score (nSPS) is 18.3. The minimum atomic E-state index is 0.255. The first-order valence-corrected chi connectivity index (χ1v) is 10.7. The van der Waals surface area contributed by atoms with Gasteiger partial charge in [-0.05, 0) is 37.4 Å². The SMILES string of the molecule is COc1ccccc1/C=C/CN1CCN(CCCc2ccccc2)[C@H](CCO)C1. The van der Waals surface area contributed by atoms with Crippen molar-refractivity contribution in [3.8, 4) is 5.75 Å². The fourth-order valence-corrected chi connectivity index (χ4v) is 4.10. The summed E-state index contributed by atoms with van der Waals surface area (Å²) < 4.78 is 5.42. The lowest BCUT2D eigenvalue weighted by Crippen LogP contribution is -2.53. The van der Waals surface area contributed by atoms with Crippen molar-refractivity contribution >= 4 is 6.08 Å². The molecule has 1 N–H and O–H groups in total. The van der Waals surface area contributed by atoms with Gasteiger partial charge in [0.2, 0.25) is 0 Å². The number of hydrogen-bond donors (Lipinski definition) is 1. The number of piperazine rings is 1. The third kappa shape index (κ3) is 6.70. The third-order valence-corrected chi connectivity index (χ3v) is 5.70. The highest BCUT2D eigenvalue weighted by atomic mass is 16.5. The summed E-state index contributed by atoms with van der Waals surface area (Å²) in [7, 11) is 1.71. The predicted molar refractivity (Wildman–Crippen MR) is 120 cm³/mol. The topological polar surface area (TPSA) is 35.9 Å². The lowest BCUT2D eigenvalue weighted by molar-refractivity contribution is 0.0646. The zero-order valence-electron chi connectivity index (χ0n) is 17.5. The minimum absolute atomic E-state index is 0.255. The molecule has 0 aromatic heterocycles. The summed E-state index contributed by atoms with van der Waals surface area (Å²) >= 11 is 0. The van der Waals surface area contributed by atoms with Crippen molar-refractivity contribution in [1.82, 2.24) is 9.80 Å². The average molecular weight is 395 g/mol. The highest BCUT2D eigenvalue weighted by molar-refractivity contribution is 5.57. The van der Waals surface area contributed by atoms with Crippen molar-refractivity contribution in [2.24, 2.45) is 0 Å². The van der Waals surface area contributed by atoms with E-state index in [0.29, 0.717) is 6.04 Å². The molecule has 4 heteroatoms. The molecular formula is C25H34N2O2. The molecule has 156 valence electrons. The molecule has 2 aromatic carbocycles. The summed E-state index contributed by atoms with van der Waals surface area (Å²) in [5.74, 6) is 0.908. The van der Waals surface area contributed by atoms with Gasteiger partial charge in [0.1, 0.15) is 5.75 Å². The van der Waals surface area contributed by atoms with Crippen LogP contribution >= 0.6 is 0 Å². The number of ether oxygens (including phenoxy) is 1. The quantitative estimate of drug-likeness (QED) is 0.666. The van der Waals surface area contributed by atoms with Gasteiger partial charge in [-0.1, -0.05) is 60.7 Å². The highest BCUT2D eigenvalue weighted by Gasteiger charge is 2.25. The van der Waals surface area contributed by atoms with E-state index in [4.69, 9.17) is 4.74 Å². The molecule has 1 aliphatic rings. The van der Waals surface area contributed by atoms with Crippen LogP contribution in [0.5, 0.6) is 5.75 Å². The molecule has 0 aliphatic carbocycles. The lowest BCUT2D eigenvalue weighted by Gasteiger charge is -2.41. The number of aliphatic hydroxyl groups is 1. The number of hydrogen-bond acceptors (Lipinski definition) is 4. The number of aryl methyl sites for hydroxylation is 1. The van der Waals surface area contributed by atoms with E-state index in [1.807, 2.05) is 18.2 Å². The second kappa shape index (κ2) is 11.8. The first-order chi connectivity index (χ1) is 14.3. The maximum absolute atomic E-state index is 9.54. The Morgan fingerprint density at radius 2 is 1.86 bits per heavy atom. The van der Waals surface area contributed by atoms with Gasteiger partial charge < -0.3 is 9.84 Å². The van der Waals surface area contributed by atoms with E-state index in [1.54, 1.807) is 7.11 Å². The van der Waals surface area contributed by atoms with Gasteiger partial charge in [0.15, 0.2) is 0 Å².